The Morgan fingerprint density at radius 1 is 1.31 bits per heavy atom. The minimum absolute atomic E-state index is 0.0147. The fourth-order valence-electron chi connectivity index (χ4n) is 2.74. The van der Waals surface area contributed by atoms with E-state index in [0.29, 0.717) is 5.56 Å². The predicted octanol–water partition coefficient (Wildman–Crippen LogP) is 1.67. The van der Waals surface area contributed by atoms with Gasteiger partial charge in [-0.15, -0.1) is 0 Å². The van der Waals surface area contributed by atoms with Gasteiger partial charge in [-0.2, -0.15) is 5.10 Å². The fraction of sp³-hybridized carbons (Fsp3) is 0.176. The summed E-state index contributed by atoms with van der Waals surface area (Å²) in [4.78, 5) is 35.3. The molecule has 0 unspecified atom stereocenters. The normalized spacial score (nSPS) is 12.1. The summed E-state index contributed by atoms with van der Waals surface area (Å²) in [5.41, 5.74) is 0.245. The van der Waals surface area contributed by atoms with E-state index in [2.05, 4.69) is 10.2 Å². The highest BCUT2D eigenvalue weighted by molar-refractivity contribution is 5.96. The Morgan fingerprint density at radius 2 is 2.00 bits per heavy atom. The second kappa shape index (κ2) is 6.79. The molecule has 8 nitrogen and oxygen atoms in total. The summed E-state index contributed by atoms with van der Waals surface area (Å²) in [5, 5.41) is 15.3. The van der Waals surface area contributed by atoms with Crippen LogP contribution in [0.2, 0.25) is 0 Å². The number of aromatic amines is 1. The molecule has 0 fully saturated rings. The van der Waals surface area contributed by atoms with Gasteiger partial charge in [0.05, 0.1) is 25.1 Å². The first-order valence-electron chi connectivity index (χ1n) is 7.56. The smallest absolute Gasteiger partial charge is 0.341 e. The van der Waals surface area contributed by atoms with Crippen molar-refractivity contribution in [3.63, 3.8) is 0 Å². The molecule has 2 heterocycles. The highest BCUT2D eigenvalue weighted by atomic mass is 19.1. The van der Waals surface area contributed by atoms with Gasteiger partial charge in [0.2, 0.25) is 0 Å². The molecular formula is C17H14FN3O5. The Morgan fingerprint density at radius 3 is 2.62 bits per heavy atom. The summed E-state index contributed by atoms with van der Waals surface area (Å²) in [6.45, 7) is 0. The van der Waals surface area contributed by atoms with Crippen LogP contribution in [-0.2, 0) is 9.53 Å². The number of nitrogens with zero attached hydrogens (tertiary/aromatic N) is 2. The molecule has 2 N–H and O–H groups in total. The van der Waals surface area contributed by atoms with Crippen LogP contribution in [0.25, 0.3) is 11.3 Å². The van der Waals surface area contributed by atoms with Crippen LogP contribution in [0.3, 0.4) is 0 Å². The predicted molar refractivity (Wildman–Crippen MR) is 87.6 cm³/mol. The number of aromatic nitrogens is 3. The van der Waals surface area contributed by atoms with Gasteiger partial charge in [-0.1, -0.05) is 12.1 Å². The Bertz CT molecular complexity index is 992. The van der Waals surface area contributed by atoms with E-state index in [-0.39, 0.29) is 23.2 Å². The number of H-pyrrole nitrogens is 1. The molecule has 134 valence electrons. The number of hydrogen-bond donors (Lipinski definition) is 2. The second-order valence-corrected chi connectivity index (χ2v) is 5.59. The summed E-state index contributed by atoms with van der Waals surface area (Å²) >= 11 is 0. The number of methoxy groups -OCH3 is 1. The third-order valence-electron chi connectivity index (χ3n) is 3.97. The standard InChI is InChI=1S/C17H14FN3O5/c1-26-17(25)12-8-21(7-11-15(12)19-20-16(11)24)13(6-14(22)23)9-2-4-10(18)5-3-9/h2-5,7-8,13H,6H2,1H3,(H,20,24)(H,22,23)/t13-/m1/s1. The van der Waals surface area contributed by atoms with Crippen LogP contribution in [0, 0.1) is 5.82 Å². The highest BCUT2D eigenvalue weighted by Gasteiger charge is 2.25. The molecule has 0 aromatic heterocycles. The number of ether oxygens (including phenoxy) is 1. The number of carboxylic acid groups (broad SMARTS) is 1. The zero-order chi connectivity index (χ0) is 18.8. The number of esters is 1. The van der Waals surface area contributed by atoms with Crippen LogP contribution in [0.1, 0.15) is 28.4 Å². The van der Waals surface area contributed by atoms with E-state index in [1.165, 1.54) is 48.3 Å². The van der Waals surface area contributed by atoms with Crippen LogP contribution in [-0.4, -0.2) is 38.9 Å². The molecule has 26 heavy (non-hydrogen) atoms. The maximum absolute atomic E-state index is 13.2. The number of rotatable bonds is 5. The summed E-state index contributed by atoms with van der Waals surface area (Å²) in [6.07, 6.45) is 2.43. The average Bonchev–Trinajstić information content (AvgIpc) is 3.00. The van der Waals surface area contributed by atoms with Crippen molar-refractivity contribution in [2.24, 2.45) is 0 Å². The Hall–Kier alpha value is -3.49. The zero-order valence-electron chi connectivity index (χ0n) is 13.6. The van der Waals surface area contributed by atoms with E-state index in [4.69, 9.17) is 4.74 Å². The van der Waals surface area contributed by atoms with Gasteiger partial charge >= 0.3 is 11.9 Å². The van der Waals surface area contributed by atoms with Crippen LogP contribution < -0.4 is 5.56 Å². The molecule has 0 saturated carbocycles. The van der Waals surface area contributed by atoms with Gasteiger partial charge in [0.15, 0.2) is 0 Å². The van der Waals surface area contributed by atoms with Gasteiger partial charge in [0.25, 0.3) is 5.56 Å². The van der Waals surface area contributed by atoms with E-state index in [0.717, 1.165) is 0 Å². The molecule has 9 heteroatoms. The number of carbonyl (C=O) groups is 2. The molecule has 0 aliphatic carbocycles. The molecule has 0 saturated heterocycles. The number of nitrogens with one attached hydrogen (secondary N) is 1. The number of halogens is 1. The van der Waals surface area contributed by atoms with Gasteiger partial charge in [-0.25, -0.2) is 14.3 Å². The van der Waals surface area contributed by atoms with Crippen LogP contribution in [0.15, 0.2) is 41.5 Å². The molecule has 2 aliphatic heterocycles. The summed E-state index contributed by atoms with van der Waals surface area (Å²) < 4.78 is 19.4. The van der Waals surface area contributed by atoms with E-state index in [1.54, 1.807) is 0 Å². The van der Waals surface area contributed by atoms with Gasteiger partial charge < -0.3 is 14.4 Å². The molecule has 1 aromatic rings. The first-order chi connectivity index (χ1) is 12.4. The minimum atomic E-state index is -1.10. The van der Waals surface area contributed by atoms with Crippen LogP contribution >= 0.6 is 0 Å². The summed E-state index contributed by atoms with van der Waals surface area (Å²) in [5.74, 6) is -2.28. The Kier molecular flexibility index (Phi) is 4.53. The quantitative estimate of drug-likeness (QED) is 0.670. The van der Waals surface area contributed by atoms with E-state index < -0.39 is 29.4 Å². The second-order valence-electron chi connectivity index (χ2n) is 5.59. The van der Waals surface area contributed by atoms with Crippen molar-refractivity contribution in [1.82, 2.24) is 14.8 Å². The summed E-state index contributed by atoms with van der Waals surface area (Å²) in [7, 11) is 1.19. The molecular weight excluding hydrogens is 345 g/mol. The van der Waals surface area contributed by atoms with Crippen molar-refractivity contribution in [3.8, 4) is 11.3 Å². The lowest BCUT2D eigenvalue weighted by Gasteiger charge is -2.21. The lowest BCUT2D eigenvalue weighted by atomic mass is 10.0. The zero-order valence-corrected chi connectivity index (χ0v) is 13.6. The van der Waals surface area contributed by atoms with E-state index >= 15 is 0 Å². The Labute approximate surface area is 146 Å². The SMILES string of the molecule is COC(=O)c1cn([C@H](CC(=O)O)c2ccc(F)cc2)cc2c(=O)[nH]nc1-2. The molecule has 0 radical (unpaired) electrons. The van der Waals surface area contributed by atoms with Gasteiger partial charge in [0.1, 0.15) is 17.1 Å². The number of aliphatic carboxylic acids is 1. The number of benzene rings is 1. The number of carbonyl (C=O) groups excluding carboxylic acids is 1. The van der Waals surface area contributed by atoms with Crippen LogP contribution in [0.4, 0.5) is 4.39 Å². The maximum atomic E-state index is 13.2. The first kappa shape index (κ1) is 17.3. The number of carboxylic acids is 1. The minimum Gasteiger partial charge on any atom is -0.481 e. The molecule has 0 spiro atoms. The number of hydrogen-bond acceptors (Lipinski definition) is 5. The lowest BCUT2D eigenvalue weighted by molar-refractivity contribution is -0.137. The maximum Gasteiger partial charge on any atom is 0.341 e. The van der Waals surface area contributed by atoms with Crippen molar-refractivity contribution in [2.75, 3.05) is 7.11 Å². The van der Waals surface area contributed by atoms with Crippen molar-refractivity contribution >= 4 is 11.9 Å². The summed E-state index contributed by atoms with van der Waals surface area (Å²) in [6, 6.07) is 4.55. The lowest BCUT2D eigenvalue weighted by Crippen LogP contribution is -2.19. The topological polar surface area (TPSA) is 114 Å². The highest BCUT2D eigenvalue weighted by Crippen LogP contribution is 2.28. The van der Waals surface area contributed by atoms with Crippen LogP contribution in [0.5, 0.6) is 0 Å². The average molecular weight is 359 g/mol. The van der Waals surface area contributed by atoms with Crippen molar-refractivity contribution in [1.29, 1.82) is 0 Å². The molecule has 1 atom stereocenters. The fourth-order valence-corrected chi connectivity index (χ4v) is 2.74. The number of pyridine rings is 1. The van der Waals surface area contributed by atoms with E-state index in [9.17, 15) is 23.9 Å². The molecule has 1 aromatic carbocycles. The third-order valence-corrected chi connectivity index (χ3v) is 3.97. The van der Waals surface area contributed by atoms with Crippen molar-refractivity contribution < 1.29 is 23.8 Å². The molecule has 0 amide bonds. The van der Waals surface area contributed by atoms with Crippen molar-refractivity contribution in [3.05, 3.63) is 64.0 Å². The van der Waals surface area contributed by atoms with Gasteiger partial charge in [0, 0.05) is 12.4 Å². The van der Waals surface area contributed by atoms with Crippen molar-refractivity contribution in [2.45, 2.75) is 12.5 Å². The number of fused-ring (bicyclic) bond motifs is 1. The molecule has 3 rings (SSSR count). The largest absolute Gasteiger partial charge is 0.481 e. The van der Waals surface area contributed by atoms with E-state index in [1.807, 2.05) is 0 Å². The molecule has 2 aliphatic rings. The Balaban J connectivity index is 2.21. The monoisotopic (exact) mass is 359 g/mol. The van der Waals surface area contributed by atoms with Gasteiger partial charge in [-0.05, 0) is 17.7 Å². The first-order valence-corrected chi connectivity index (χ1v) is 7.56. The molecule has 0 bridgehead atoms. The third kappa shape index (κ3) is 3.18. The van der Waals surface area contributed by atoms with Gasteiger partial charge in [-0.3, -0.25) is 9.59 Å².